The van der Waals surface area contributed by atoms with E-state index in [1.165, 1.54) is 17.7 Å². The first kappa shape index (κ1) is 17.5. The van der Waals surface area contributed by atoms with Crippen molar-refractivity contribution in [3.05, 3.63) is 22.4 Å². The lowest BCUT2D eigenvalue weighted by molar-refractivity contribution is -0.133. The molecule has 3 fully saturated rings. The molecule has 6 heteroatoms. The monoisotopic (exact) mass is 363 g/mol. The van der Waals surface area contributed by atoms with Crippen LogP contribution in [0.15, 0.2) is 17.5 Å². The van der Waals surface area contributed by atoms with E-state index in [-0.39, 0.29) is 0 Å². The van der Waals surface area contributed by atoms with Gasteiger partial charge in [-0.3, -0.25) is 14.6 Å². The largest absolute Gasteiger partial charge is 0.377 e. The van der Waals surface area contributed by atoms with Crippen LogP contribution in [0.5, 0.6) is 0 Å². The lowest BCUT2D eigenvalue weighted by Crippen LogP contribution is -2.51. The van der Waals surface area contributed by atoms with Crippen molar-refractivity contribution in [2.24, 2.45) is 0 Å². The van der Waals surface area contributed by atoms with Crippen LogP contribution >= 0.6 is 11.3 Å². The van der Waals surface area contributed by atoms with Gasteiger partial charge in [0.2, 0.25) is 5.91 Å². The third kappa shape index (κ3) is 4.25. The zero-order chi connectivity index (χ0) is 17.1. The van der Waals surface area contributed by atoms with Crippen LogP contribution in [0.25, 0.3) is 0 Å². The Balaban J connectivity index is 1.24. The van der Waals surface area contributed by atoms with E-state index in [4.69, 9.17) is 4.74 Å². The second kappa shape index (κ2) is 8.16. The van der Waals surface area contributed by atoms with Crippen molar-refractivity contribution < 1.29 is 9.53 Å². The fourth-order valence-corrected chi connectivity index (χ4v) is 5.20. The maximum Gasteiger partial charge on any atom is 0.237 e. The molecule has 3 aliphatic heterocycles. The molecule has 4 rings (SSSR count). The summed E-state index contributed by atoms with van der Waals surface area (Å²) in [6, 6.07) is 4.58. The molecule has 0 N–H and O–H groups in total. The molecule has 1 aromatic heterocycles. The molecule has 0 spiro atoms. The second-order valence-electron chi connectivity index (χ2n) is 7.47. The number of nitrogens with zero attached hydrogens (tertiary/aromatic N) is 3. The molecule has 138 valence electrons. The van der Waals surface area contributed by atoms with Gasteiger partial charge in [-0.15, -0.1) is 11.3 Å². The van der Waals surface area contributed by atoms with Gasteiger partial charge in [-0.2, -0.15) is 0 Å². The molecule has 0 radical (unpaired) electrons. The summed E-state index contributed by atoms with van der Waals surface area (Å²) in [7, 11) is 0. The Morgan fingerprint density at radius 3 is 2.68 bits per heavy atom. The van der Waals surface area contributed by atoms with Gasteiger partial charge in [0.1, 0.15) is 0 Å². The van der Waals surface area contributed by atoms with Gasteiger partial charge in [0.05, 0.1) is 18.7 Å². The Morgan fingerprint density at radius 2 is 1.96 bits per heavy atom. The summed E-state index contributed by atoms with van der Waals surface area (Å²) < 4.78 is 5.75. The molecule has 25 heavy (non-hydrogen) atoms. The van der Waals surface area contributed by atoms with Crippen molar-refractivity contribution in [3.8, 4) is 0 Å². The van der Waals surface area contributed by atoms with Crippen LogP contribution in [-0.4, -0.2) is 79.1 Å². The van der Waals surface area contributed by atoms with Gasteiger partial charge in [-0.1, -0.05) is 6.07 Å². The number of thiophene rings is 1. The molecule has 0 bridgehead atoms. The maximum absolute atomic E-state index is 12.8. The maximum atomic E-state index is 12.8. The summed E-state index contributed by atoms with van der Waals surface area (Å²) in [5.74, 6) is 0.309. The average Bonchev–Trinajstić information content (AvgIpc) is 3.38. The van der Waals surface area contributed by atoms with Crippen molar-refractivity contribution >= 4 is 17.2 Å². The summed E-state index contributed by atoms with van der Waals surface area (Å²) in [6.07, 6.45) is 5.09. The highest BCUT2D eigenvalue weighted by Gasteiger charge is 2.32. The minimum Gasteiger partial charge on any atom is -0.377 e. The van der Waals surface area contributed by atoms with Crippen molar-refractivity contribution in [1.29, 1.82) is 0 Å². The van der Waals surface area contributed by atoms with Gasteiger partial charge in [-0.25, -0.2) is 0 Å². The van der Waals surface area contributed by atoms with E-state index in [1.807, 2.05) is 0 Å². The third-order valence-electron chi connectivity index (χ3n) is 5.75. The number of likely N-dealkylation sites (tertiary alicyclic amines) is 1. The first-order chi connectivity index (χ1) is 12.3. The quantitative estimate of drug-likeness (QED) is 0.804. The summed E-state index contributed by atoms with van der Waals surface area (Å²) in [5.41, 5.74) is 0. The highest BCUT2D eigenvalue weighted by Crippen LogP contribution is 2.34. The highest BCUT2D eigenvalue weighted by atomic mass is 32.1. The molecular formula is C19H29N3O2S. The second-order valence-corrected chi connectivity index (χ2v) is 8.45. The minimum absolute atomic E-state index is 0.309. The van der Waals surface area contributed by atoms with Gasteiger partial charge in [0.25, 0.3) is 0 Å². The van der Waals surface area contributed by atoms with Gasteiger partial charge in [0, 0.05) is 50.8 Å². The molecule has 5 nitrogen and oxygen atoms in total. The first-order valence-electron chi connectivity index (χ1n) is 9.69. The number of ether oxygens (including phenoxy) is 1. The number of hydrogen-bond acceptors (Lipinski definition) is 5. The number of amides is 1. The molecule has 1 amide bonds. The van der Waals surface area contributed by atoms with Crippen molar-refractivity contribution in [3.63, 3.8) is 0 Å². The van der Waals surface area contributed by atoms with Crippen LogP contribution in [0.1, 0.15) is 36.6 Å². The van der Waals surface area contributed by atoms with Crippen LogP contribution in [0.2, 0.25) is 0 Å². The van der Waals surface area contributed by atoms with E-state index >= 15 is 0 Å². The Hall–Kier alpha value is -0.950. The Bertz CT molecular complexity index is 551. The van der Waals surface area contributed by atoms with E-state index < -0.39 is 0 Å². The Kier molecular flexibility index (Phi) is 5.70. The summed E-state index contributed by atoms with van der Waals surface area (Å²) in [5, 5.41) is 2.11. The van der Waals surface area contributed by atoms with E-state index in [0.717, 1.165) is 58.7 Å². The molecule has 0 aromatic carbocycles. The SMILES string of the molecule is O=C(CN1CCN(CC2CCCO2)CC1)N1CCCC1c1cccs1. The number of carbonyl (C=O) groups excluding carboxylic acids is 1. The number of rotatable bonds is 5. The zero-order valence-corrected chi connectivity index (χ0v) is 15.8. The van der Waals surface area contributed by atoms with Crippen LogP contribution in [0.3, 0.4) is 0 Å². The molecule has 3 aliphatic rings. The predicted molar refractivity (Wildman–Crippen MR) is 99.9 cm³/mol. The Morgan fingerprint density at radius 1 is 1.12 bits per heavy atom. The molecule has 3 saturated heterocycles. The van der Waals surface area contributed by atoms with Crippen LogP contribution < -0.4 is 0 Å². The molecule has 4 heterocycles. The van der Waals surface area contributed by atoms with Gasteiger partial charge >= 0.3 is 0 Å². The summed E-state index contributed by atoms with van der Waals surface area (Å²) in [4.78, 5) is 21.1. The standard InChI is InChI=1S/C19H29N3O2S/c23-19(22-7-1-5-17(22)18-6-3-13-25-18)15-21-10-8-20(9-11-21)14-16-4-2-12-24-16/h3,6,13,16-17H,1-2,4-5,7-12,14-15H2. The predicted octanol–water partition coefficient (Wildman–Crippen LogP) is 2.21. The first-order valence-corrected chi connectivity index (χ1v) is 10.6. The topological polar surface area (TPSA) is 36.0 Å². The third-order valence-corrected chi connectivity index (χ3v) is 6.73. The molecule has 0 saturated carbocycles. The smallest absolute Gasteiger partial charge is 0.237 e. The fraction of sp³-hybridized carbons (Fsp3) is 0.737. The Labute approximate surface area is 154 Å². The lowest BCUT2D eigenvalue weighted by Gasteiger charge is -2.36. The molecule has 1 aromatic rings. The fourth-order valence-electron chi connectivity index (χ4n) is 4.33. The molecular weight excluding hydrogens is 334 g/mol. The van der Waals surface area contributed by atoms with Crippen molar-refractivity contribution in [1.82, 2.24) is 14.7 Å². The number of hydrogen-bond donors (Lipinski definition) is 0. The number of piperazine rings is 1. The summed E-state index contributed by atoms with van der Waals surface area (Å²) >= 11 is 1.78. The van der Waals surface area contributed by atoms with Crippen LogP contribution in [-0.2, 0) is 9.53 Å². The van der Waals surface area contributed by atoms with E-state index in [2.05, 4.69) is 32.2 Å². The van der Waals surface area contributed by atoms with E-state index in [0.29, 0.717) is 24.6 Å². The highest BCUT2D eigenvalue weighted by molar-refractivity contribution is 7.10. The van der Waals surface area contributed by atoms with Gasteiger partial charge < -0.3 is 9.64 Å². The molecule has 0 aliphatic carbocycles. The normalized spacial score (nSPS) is 28.7. The minimum atomic E-state index is 0.309. The van der Waals surface area contributed by atoms with E-state index in [9.17, 15) is 4.79 Å². The zero-order valence-electron chi connectivity index (χ0n) is 14.9. The molecule has 2 unspecified atom stereocenters. The van der Waals surface area contributed by atoms with Crippen molar-refractivity contribution in [2.45, 2.75) is 37.8 Å². The van der Waals surface area contributed by atoms with Crippen LogP contribution in [0, 0.1) is 0 Å². The van der Waals surface area contributed by atoms with E-state index in [1.54, 1.807) is 11.3 Å². The van der Waals surface area contributed by atoms with Gasteiger partial charge in [-0.05, 0) is 37.1 Å². The summed E-state index contributed by atoms with van der Waals surface area (Å²) in [6.45, 7) is 7.60. The average molecular weight is 364 g/mol. The number of carbonyl (C=O) groups is 1. The van der Waals surface area contributed by atoms with Gasteiger partial charge in [0.15, 0.2) is 0 Å². The lowest BCUT2D eigenvalue weighted by atomic mass is 10.2. The molecule has 2 atom stereocenters. The van der Waals surface area contributed by atoms with Crippen molar-refractivity contribution in [2.75, 3.05) is 52.4 Å². The van der Waals surface area contributed by atoms with Crippen LogP contribution in [0.4, 0.5) is 0 Å².